The van der Waals surface area contributed by atoms with Gasteiger partial charge in [0, 0.05) is 0 Å². The van der Waals surface area contributed by atoms with Crippen LogP contribution in [0.25, 0.3) is 0 Å². The minimum atomic E-state index is -1.09. The molecule has 0 spiro atoms. The zero-order chi connectivity index (χ0) is 7.90. The summed E-state index contributed by atoms with van der Waals surface area (Å²) in [7, 11) is 0. The van der Waals surface area contributed by atoms with Gasteiger partial charge >= 0.3 is 0 Å². The van der Waals surface area contributed by atoms with Crippen molar-refractivity contribution < 1.29 is 4.39 Å². The summed E-state index contributed by atoms with van der Waals surface area (Å²) in [5, 5.41) is 0.635. The Morgan fingerprint density at radius 3 is 2.73 bits per heavy atom. The van der Waals surface area contributed by atoms with Crippen LogP contribution in [-0.2, 0) is 5.67 Å². The van der Waals surface area contributed by atoms with Gasteiger partial charge in [-0.3, -0.25) is 0 Å². The molecule has 1 saturated carbocycles. The molecular formula is C7H7BrFNS. The second kappa shape index (κ2) is 2.52. The van der Waals surface area contributed by atoms with Crippen LogP contribution >= 0.6 is 27.3 Å². The molecule has 0 atom stereocenters. The Balaban J connectivity index is 2.28. The summed E-state index contributed by atoms with van der Waals surface area (Å²) >= 11 is 4.67. The molecule has 0 aliphatic heterocycles. The van der Waals surface area contributed by atoms with Crippen LogP contribution in [0.5, 0.6) is 0 Å². The van der Waals surface area contributed by atoms with Gasteiger partial charge in [0.15, 0.2) is 5.67 Å². The molecule has 1 aromatic heterocycles. The molecule has 0 bridgehead atoms. The van der Waals surface area contributed by atoms with Gasteiger partial charge in [-0.2, -0.15) is 0 Å². The molecule has 0 saturated heterocycles. The fraction of sp³-hybridized carbons (Fsp3) is 0.571. The number of alkyl halides is 1. The van der Waals surface area contributed by atoms with E-state index >= 15 is 0 Å². The van der Waals surface area contributed by atoms with Crippen molar-refractivity contribution in [1.82, 2.24) is 4.98 Å². The molecule has 0 unspecified atom stereocenters. The van der Waals surface area contributed by atoms with Gasteiger partial charge in [-0.1, -0.05) is 0 Å². The van der Waals surface area contributed by atoms with Gasteiger partial charge in [-0.05, 0) is 35.2 Å². The normalized spacial score (nSPS) is 21.3. The molecule has 0 N–H and O–H groups in total. The molecule has 1 nitrogen and oxygen atoms in total. The molecule has 4 heteroatoms. The summed E-state index contributed by atoms with van der Waals surface area (Å²) in [4.78, 5) is 4.01. The Labute approximate surface area is 76.8 Å². The number of hydrogen-bond acceptors (Lipinski definition) is 2. The van der Waals surface area contributed by atoms with Crippen LogP contribution in [0.2, 0.25) is 0 Å². The van der Waals surface area contributed by atoms with Crippen LogP contribution in [0.4, 0.5) is 4.39 Å². The first kappa shape index (κ1) is 7.68. The topological polar surface area (TPSA) is 12.9 Å². The number of rotatable bonds is 1. The summed E-state index contributed by atoms with van der Waals surface area (Å²) in [6, 6.07) is 0. The van der Waals surface area contributed by atoms with E-state index in [1.54, 1.807) is 6.20 Å². The van der Waals surface area contributed by atoms with Crippen molar-refractivity contribution in [3.05, 3.63) is 15.0 Å². The Kier molecular flexibility index (Phi) is 1.76. The second-order valence-electron chi connectivity index (χ2n) is 2.79. The van der Waals surface area contributed by atoms with Crippen molar-refractivity contribution in [2.45, 2.75) is 24.9 Å². The van der Waals surface area contributed by atoms with Gasteiger partial charge in [-0.15, -0.1) is 11.3 Å². The van der Waals surface area contributed by atoms with Crippen molar-refractivity contribution in [3.63, 3.8) is 0 Å². The molecule has 2 rings (SSSR count). The second-order valence-corrected chi connectivity index (χ2v) is 5.20. The summed E-state index contributed by atoms with van der Waals surface area (Å²) in [5.74, 6) is 0. The van der Waals surface area contributed by atoms with Crippen LogP contribution in [0.15, 0.2) is 9.98 Å². The lowest BCUT2D eigenvalue weighted by atomic mass is 9.83. The van der Waals surface area contributed by atoms with Gasteiger partial charge in [-0.25, -0.2) is 9.37 Å². The molecular weight excluding hydrogens is 229 g/mol. The predicted molar refractivity (Wildman–Crippen MR) is 46.5 cm³/mol. The lowest BCUT2D eigenvalue weighted by Gasteiger charge is -2.31. The zero-order valence-electron chi connectivity index (χ0n) is 5.81. The van der Waals surface area contributed by atoms with Crippen molar-refractivity contribution in [3.8, 4) is 0 Å². The van der Waals surface area contributed by atoms with E-state index in [0.29, 0.717) is 17.8 Å². The highest BCUT2D eigenvalue weighted by atomic mass is 79.9. The smallest absolute Gasteiger partial charge is 0.162 e. The fourth-order valence-corrected chi connectivity index (χ4v) is 2.51. The minimum Gasteiger partial charge on any atom is -0.245 e. The number of hydrogen-bond donors (Lipinski definition) is 0. The van der Waals surface area contributed by atoms with Crippen LogP contribution in [0, 0.1) is 0 Å². The molecule has 0 amide bonds. The zero-order valence-corrected chi connectivity index (χ0v) is 8.21. The average molecular weight is 236 g/mol. The maximum atomic E-state index is 13.6. The number of thiazole rings is 1. The summed E-state index contributed by atoms with van der Waals surface area (Å²) in [5.41, 5.74) is -1.09. The summed E-state index contributed by atoms with van der Waals surface area (Å²) in [6.07, 6.45) is 3.95. The Morgan fingerprint density at radius 1 is 1.64 bits per heavy atom. The SMILES string of the molecule is FC1(c2ncc(Br)s2)CCC1. The molecule has 1 aromatic rings. The Hall–Kier alpha value is 0.0400. The third kappa shape index (κ3) is 1.22. The van der Waals surface area contributed by atoms with Gasteiger partial charge < -0.3 is 0 Å². The number of halogens is 2. The highest BCUT2D eigenvalue weighted by Gasteiger charge is 2.41. The first-order valence-electron chi connectivity index (χ1n) is 3.51. The standard InChI is InChI=1S/C7H7BrFNS/c8-5-4-10-6(11-5)7(9)2-1-3-7/h4H,1-3H2. The first-order chi connectivity index (χ1) is 5.21. The molecule has 1 fully saturated rings. The lowest BCUT2D eigenvalue weighted by molar-refractivity contribution is 0.0606. The maximum Gasteiger partial charge on any atom is 0.162 e. The first-order valence-corrected chi connectivity index (χ1v) is 5.12. The van der Waals surface area contributed by atoms with E-state index in [1.807, 2.05) is 0 Å². The minimum absolute atomic E-state index is 0.635. The quantitative estimate of drug-likeness (QED) is 0.729. The van der Waals surface area contributed by atoms with Gasteiger partial charge in [0.05, 0.1) is 9.98 Å². The molecule has 1 aliphatic rings. The highest BCUT2D eigenvalue weighted by molar-refractivity contribution is 9.11. The molecule has 1 aliphatic carbocycles. The third-order valence-corrected chi connectivity index (χ3v) is 3.66. The van der Waals surface area contributed by atoms with Gasteiger partial charge in [0.25, 0.3) is 0 Å². The van der Waals surface area contributed by atoms with Crippen LogP contribution in [0.1, 0.15) is 24.3 Å². The molecule has 1 heterocycles. The monoisotopic (exact) mass is 235 g/mol. The van der Waals surface area contributed by atoms with Crippen LogP contribution < -0.4 is 0 Å². The molecule has 60 valence electrons. The maximum absolute atomic E-state index is 13.6. The van der Waals surface area contributed by atoms with E-state index in [-0.39, 0.29) is 0 Å². The van der Waals surface area contributed by atoms with E-state index in [4.69, 9.17) is 0 Å². The van der Waals surface area contributed by atoms with Crippen molar-refractivity contribution in [2.24, 2.45) is 0 Å². The lowest BCUT2D eigenvalue weighted by Crippen LogP contribution is -2.28. The van der Waals surface area contributed by atoms with E-state index in [2.05, 4.69) is 20.9 Å². The highest BCUT2D eigenvalue weighted by Crippen LogP contribution is 2.46. The third-order valence-electron chi connectivity index (χ3n) is 2.01. The van der Waals surface area contributed by atoms with Crippen molar-refractivity contribution in [1.29, 1.82) is 0 Å². The van der Waals surface area contributed by atoms with Gasteiger partial charge in [0.1, 0.15) is 5.01 Å². The fourth-order valence-electron chi connectivity index (χ4n) is 1.16. The average Bonchev–Trinajstić information content (AvgIpc) is 2.31. The Morgan fingerprint density at radius 2 is 2.36 bits per heavy atom. The molecule has 0 radical (unpaired) electrons. The van der Waals surface area contributed by atoms with Crippen molar-refractivity contribution in [2.75, 3.05) is 0 Å². The predicted octanol–water partition coefficient (Wildman–Crippen LogP) is 3.25. The number of nitrogens with zero attached hydrogens (tertiary/aromatic N) is 1. The van der Waals surface area contributed by atoms with E-state index in [0.717, 1.165) is 10.2 Å². The van der Waals surface area contributed by atoms with E-state index < -0.39 is 5.67 Å². The van der Waals surface area contributed by atoms with Crippen LogP contribution in [-0.4, -0.2) is 4.98 Å². The summed E-state index contributed by atoms with van der Waals surface area (Å²) in [6.45, 7) is 0. The summed E-state index contributed by atoms with van der Waals surface area (Å²) < 4.78 is 14.5. The van der Waals surface area contributed by atoms with Crippen molar-refractivity contribution >= 4 is 27.3 Å². The number of aromatic nitrogens is 1. The molecule has 0 aromatic carbocycles. The Bertz CT molecular complexity index is 269. The van der Waals surface area contributed by atoms with E-state index in [9.17, 15) is 4.39 Å². The van der Waals surface area contributed by atoms with Crippen LogP contribution in [0.3, 0.4) is 0 Å². The van der Waals surface area contributed by atoms with Gasteiger partial charge in [0.2, 0.25) is 0 Å². The largest absolute Gasteiger partial charge is 0.245 e. The van der Waals surface area contributed by atoms with E-state index in [1.165, 1.54) is 11.3 Å². The molecule has 11 heavy (non-hydrogen) atoms.